The zero-order valence-corrected chi connectivity index (χ0v) is 23.4. The first-order valence-corrected chi connectivity index (χ1v) is 15.1. The topological polar surface area (TPSA) is 24.7 Å². The average Bonchev–Trinajstić information content (AvgIpc) is 2.69. The van der Waals surface area contributed by atoms with Gasteiger partial charge in [0, 0.05) is 25.5 Å². The van der Waals surface area contributed by atoms with Crippen LogP contribution in [0.5, 0.6) is 0 Å². The summed E-state index contributed by atoms with van der Waals surface area (Å²) in [6.07, 6.45) is 21.5. The Morgan fingerprint density at radius 3 is 1.19 bits per heavy atom. The lowest BCUT2D eigenvalue weighted by molar-refractivity contribution is -0.140. The molecule has 1 aromatic carbocycles. The molecule has 2 heteroatoms. The summed E-state index contributed by atoms with van der Waals surface area (Å²) in [6, 6.07) is 8.94. The standard InChI is InChI=1S/C34H48N2/c1-29-9-27-10-30(2,17-29)20-33(13-27,19-29)23-35-15-25-5-7-26(8-6-25)16-36-24-34-14-28-11-31(3,21-34)18-32(4,12-28)22-34/h5-8,15-16,27-28H,9-14,17-24H2,1-4H3. The van der Waals surface area contributed by atoms with Crippen LogP contribution in [0.1, 0.15) is 116 Å². The second-order valence-corrected chi connectivity index (χ2v) is 16.9. The molecule has 0 amide bonds. The van der Waals surface area contributed by atoms with E-state index in [1.165, 1.54) is 88.2 Å². The molecule has 0 saturated heterocycles. The minimum absolute atomic E-state index is 0.470. The Morgan fingerprint density at radius 1 is 0.556 bits per heavy atom. The van der Waals surface area contributed by atoms with Crippen LogP contribution < -0.4 is 0 Å². The summed E-state index contributed by atoms with van der Waals surface area (Å²) >= 11 is 0. The van der Waals surface area contributed by atoms with E-state index < -0.39 is 0 Å². The Hall–Kier alpha value is -1.44. The van der Waals surface area contributed by atoms with Crippen LogP contribution in [-0.4, -0.2) is 25.5 Å². The second kappa shape index (κ2) is 7.57. The van der Waals surface area contributed by atoms with Crippen LogP contribution in [-0.2, 0) is 0 Å². The lowest BCUT2D eigenvalue weighted by Gasteiger charge is -2.65. The molecule has 8 aliphatic carbocycles. The van der Waals surface area contributed by atoms with Crippen molar-refractivity contribution in [2.45, 2.75) is 105 Å². The van der Waals surface area contributed by atoms with Gasteiger partial charge in [-0.3, -0.25) is 9.98 Å². The van der Waals surface area contributed by atoms with Gasteiger partial charge in [-0.2, -0.15) is 0 Å². The minimum Gasteiger partial charge on any atom is -0.292 e. The van der Waals surface area contributed by atoms with Gasteiger partial charge in [0.1, 0.15) is 0 Å². The maximum absolute atomic E-state index is 5.05. The van der Waals surface area contributed by atoms with E-state index in [0.717, 1.165) is 24.9 Å². The molecule has 8 saturated carbocycles. The van der Waals surface area contributed by atoms with E-state index in [0.29, 0.717) is 32.5 Å². The molecule has 4 atom stereocenters. The monoisotopic (exact) mass is 484 g/mol. The Bertz CT molecular complexity index is 972. The van der Waals surface area contributed by atoms with E-state index in [2.05, 4.69) is 64.4 Å². The number of aliphatic imine (C=N–C) groups is 2. The number of hydrogen-bond donors (Lipinski definition) is 0. The van der Waals surface area contributed by atoms with Crippen molar-refractivity contribution >= 4 is 12.4 Å². The van der Waals surface area contributed by atoms with Gasteiger partial charge in [-0.15, -0.1) is 0 Å². The maximum atomic E-state index is 5.05. The summed E-state index contributed by atoms with van der Waals surface area (Å²) in [5.41, 5.74) is 5.72. The first kappa shape index (κ1) is 23.7. The molecular weight excluding hydrogens is 436 g/mol. The molecule has 0 heterocycles. The van der Waals surface area contributed by atoms with Crippen LogP contribution in [0.2, 0.25) is 0 Å². The van der Waals surface area contributed by atoms with Crippen molar-refractivity contribution in [3.05, 3.63) is 35.4 Å². The Balaban J connectivity index is 0.977. The van der Waals surface area contributed by atoms with Crippen LogP contribution in [0.3, 0.4) is 0 Å². The van der Waals surface area contributed by atoms with Gasteiger partial charge < -0.3 is 0 Å². The molecule has 0 aliphatic heterocycles. The van der Waals surface area contributed by atoms with Gasteiger partial charge in [0.15, 0.2) is 0 Å². The fourth-order valence-electron chi connectivity index (χ4n) is 13.1. The van der Waals surface area contributed by atoms with Gasteiger partial charge in [0.2, 0.25) is 0 Å². The summed E-state index contributed by atoms with van der Waals surface area (Å²) < 4.78 is 0. The lowest BCUT2D eigenvalue weighted by atomic mass is 9.40. The van der Waals surface area contributed by atoms with E-state index >= 15 is 0 Å². The molecule has 36 heavy (non-hydrogen) atoms. The van der Waals surface area contributed by atoms with E-state index in [1.807, 2.05) is 0 Å². The van der Waals surface area contributed by atoms with Gasteiger partial charge in [-0.25, -0.2) is 0 Å². The summed E-state index contributed by atoms with van der Waals surface area (Å²) in [5, 5.41) is 0. The van der Waals surface area contributed by atoms with Crippen LogP contribution in [0, 0.1) is 44.3 Å². The predicted octanol–water partition coefficient (Wildman–Crippen LogP) is 8.52. The lowest BCUT2D eigenvalue weighted by Crippen LogP contribution is -2.56. The molecule has 0 aromatic heterocycles. The van der Waals surface area contributed by atoms with Crippen molar-refractivity contribution in [2.24, 2.45) is 54.3 Å². The van der Waals surface area contributed by atoms with Crippen molar-refractivity contribution in [2.75, 3.05) is 13.1 Å². The predicted molar refractivity (Wildman–Crippen MR) is 151 cm³/mol. The van der Waals surface area contributed by atoms with Crippen molar-refractivity contribution in [3.63, 3.8) is 0 Å². The third-order valence-electron chi connectivity index (χ3n) is 11.8. The number of nitrogens with zero attached hydrogens (tertiary/aromatic N) is 2. The highest BCUT2D eigenvalue weighted by atomic mass is 14.8. The van der Waals surface area contributed by atoms with Crippen LogP contribution >= 0.6 is 0 Å². The molecule has 8 aliphatic rings. The van der Waals surface area contributed by atoms with E-state index in [4.69, 9.17) is 9.98 Å². The molecular formula is C34H48N2. The molecule has 1 aromatic rings. The zero-order valence-electron chi connectivity index (χ0n) is 23.4. The van der Waals surface area contributed by atoms with Crippen LogP contribution in [0.25, 0.3) is 0 Å². The largest absolute Gasteiger partial charge is 0.292 e. The Labute approximate surface area is 219 Å². The van der Waals surface area contributed by atoms with Crippen molar-refractivity contribution in [3.8, 4) is 0 Å². The summed E-state index contributed by atoms with van der Waals surface area (Å²) in [4.78, 5) is 10.1. The average molecular weight is 485 g/mol. The molecule has 0 N–H and O–H groups in total. The number of benzene rings is 1. The van der Waals surface area contributed by atoms with Crippen LogP contribution in [0.4, 0.5) is 0 Å². The van der Waals surface area contributed by atoms with Gasteiger partial charge in [-0.05, 0) is 133 Å². The quantitative estimate of drug-likeness (QED) is 0.362. The molecule has 0 spiro atoms. The van der Waals surface area contributed by atoms with Gasteiger partial charge >= 0.3 is 0 Å². The smallest absolute Gasteiger partial charge is 0.0446 e. The second-order valence-electron chi connectivity index (χ2n) is 16.9. The van der Waals surface area contributed by atoms with Gasteiger partial charge in [0.05, 0.1) is 0 Å². The molecule has 8 bridgehead atoms. The highest BCUT2D eigenvalue weighted by Gasteiger charge is 2.61. The summed E-state index contributed by atoms with van der Waals surface area (Å²) in [6.45, 7) is 12.3. The first-order valence-electron chi connectivity index (χ1n) is 15.1. The number of hydrogen-bond acceptors (Lipinski definition) is 2. The summed E-state index contributed by atoms with van der Waals surface area (Å²) in [5.74, 6) is 1.91. The molecule has 8 fully saturated rings. The fourth-order valence-corrected chi connectivity index (χ4v) is 13.1. The van der Waals surface area contributed by atoms with E-state index in [9.17, 15) is 0 Å². The molecule has 9 rings (SSSR count). The summed E-state index contributed by atoms with van der Waals surface area (Å²) in [7, 11) is 0. The van der Waals surface area contributed by atoms with E-state index in [1.54, 1.807) is 0 Å². The molecule has 0 radical (unpaired) electrons. The number of rotatable bonds is 6. The van der Waals surface area contributed by atoms with Crippen molar-refractivity contribution in [1.82, 2.24) is 0 Å². The highest BCUT2D eigenvalue weighted by molar-refractivity contribution is 5.84. The normalized spacial score (nSPS) is 50.7. The van der Waals surface area contributed by atoms with Crippen molar-refractivity contribution < 1.29 is 0 Å². The van der Waals surface area contributed by atoms with Gasteiger partial charge in [0.25, 0.3) is 0 Å². The zero-order chi connectivity index (χ0) is 24.9. The first-order chi connectivity index (χ1) is 17.0. The maximum Gasteiger partial charge on any atom is 0.0446 e. The minimum atomic E-state index is 0.470. The third kappa shape index (κ3) is 4.14. The molecule has 4 unspecified atom stereocenters. The SMILES string of the molecule is CC12CC3CC(C)(C1)CC(CN=Cc1ccc(C=NCC45CC6CC(C)(CC(C)(C6)C4)C5)cc1)(C3)C2. The van der Waals surface area contributed by atoms with E-state index in [-0.39, 0.29) is 0 Å². The highest BCUT2D eigenvalue weighted by Crippen LogP contribution is 2.70. The third-order valence-corrected chi connectivity index (χ3v) is 11.8. The Kier molecular flexibility index (Phi) is 4.97. The Morgan fingerprint density at radius 2 is 0.889 bits per heavy atom. The molecule has 2 nitrogen and oxygen atoms in total. The fraction of sp³-hybridized carbons (Fsp3) is 0.765. The molecule has 194 valence electrons. The van der Waals surface area contributed by atoms with Gasteiger partial charge in [-0.1, -0.05) is 52.0 Å². The van der Waals surface area contributed by atoms with Crippen LogP contribution in [0.15, 0.2) is 34.3 Å². The van der Waals surface area contributed by atoms with Crippen molar-refractivity contribution in [1.29, 1.82) is 0 Å².